The molecule has 2 nitrogen and oxygen atoms in total. The molecule has 0 amide bonds. The number of fused-ring (bicyclic) bond motifs is 1. The van der Waals surface area contributed by atoms with Gasteiger partial charge in [-0.2, -0.15) is 5.10 Å². The molecule has 142 valence electrons. The Morgan fingerprint density at radius 2 is 2.00 bits per heavy atom. The molecule has 1 heterocycles. The highest BCUT2D eigenvalue weighted by molar-refractivity contribution is 5.88. The van der Waals surface area contributed by atoms with E-state index in [1.807, 2.05) is 17.8 Å². The van der Waals surface area contributed by atoms with Crippen molar-refractivity contribution in [3.63, 3.8) is 0 Å². The van der Waals surface area contributed by atoms with Gasteiger partial charge in [-0.25, -0.2) is 0 Å². The Morgan fingerprint density at radius 3 is 2.70 bits per heavy atom. The van der Waals surface area contributed by atoms with Crippen LogP contribution in [0, 0.1) is 5.92 Å². The first-order valence-corrected chi connectivity index (χ1v) is 10.3. The third-order valence-corrected chi connectivity index (χ3v) is 5.50. The lowest BCUT2D eigenvalue weighted by Gasteiger charge is -2.18. The van der Waals surface area contributed by atoms with E-state index < -0.39 is 0 Å². The van der Waals surface area contributed by atoms with Gasteiger partial charge in [0, 0.05) is 12.4 Å². The molecule has 0 aliphatic heterocycles. The van der Waals surface area contributed by atoms with E-state index in [4.69, 9.17) is 5.10 Å². The number of aromatic nitrogens is 2. The third kappa shape index (κ3) is 4.00. The Bertz CT molecular complexity index is 933. The minimum Gasteiger partial charge on any atom is -0.268 e. The molecule has 0 radical (unpaired) electrons. The zero-order valence-corrected chi connectivity index (χ0v) is 17.3. The zero-order chi connectivity index (χ0) is 19.4. The topological polar surface area (TPSA) is 17.8 Å². The molecule has 0 spiro atoms. The maximum atomic E-state index is 4.75. The first kappa shape index (κ1) is 19.4. The van der Waals surface area contributed by atoms with Crippen LogP contribution in [0.5, 0.6) is 0 Å². The fourth-order valence-corrected chi connectivity index (χ4v) is 4.12. The Morgan fingerprint density at radius 1 is 1.19 bits per heavy atom. The van der Waals surface area contributed by atoms with Gasteiger partial charge in [0.15, 0.2) is 0 Å². The van der Waals surface area contributed by atoms with Crippen LogP contribution in [-0.2, 0) is 26.3 Å². The second kappa shape index (κ2) is 8.56. The van der Waals surface area contributed by atoms with Gasteiger partial charge in [-0.15, -0.1) is 6.58 Å². The molecule has 0 fully saturated rings. The van der Waals surface area contributed by atoms with Crippen LogP contribution < -0.4 is 0 Å². The smallest absolute Gasteiger partial charge is 0.0703 e. The summed E-state index contributed by atoms with van der Waals surface area (Å²) in [7, 11) is 2.04. The van der Waals surface area contributed by atoms with Crippen LogP contribution in [0.15, 0.2) is 49.1 Å². The molecule has 0 N–H and O–H groups in total. The van der Waals surface area contributed by atoms with Crippen LogP contribution in [0.25, 0.3) is 22.0 Å². The monoisotopic (exact) mass is 360 g/mol. The standard InChI is InChI=1S/C25H32N2/c1-6-10-18(4)16-22-19(8-3)12-9-13-21(22)20-14-15-25-23(17-20)24(11-7-2)26-27(25)5/h6,9,12-15,17-18H,1,7-8,10-11,16H2,2-5H3. The second-order valence-electron chi connectivity index (χ2n) is 7.68. The molecule has 1 atom stereocenters. The maximum Gasteiger partial charge on any atom is 0.0703 e. The predicted octanol–water partition coefficient (Wildman–Crippen LogP) is 6.51. The van der Waals surface area contributed by atoms with E-state index in [0.29, 0.717) is 5.92 Å². The van der Waals surface area contributed by atoms with E-state index in [1.54, 1.807) is 0 Å². The first-order chi connectivity index (χ1) is 13.1. The number of hydrogen-bond acceptors (Lipinski definition) is 1. The van der Waals surface area contributed by atoms with Gasteiger partial charge in [0.1, 0.15) is 0 Å². The quantitative estimate of drug-likeness (QED) is 0.419. The largest absolute Gasteiger partial charge is 0.268 e. The number of nitrogens with zero attached hydrogens (tertiary/aromatic N) is 2. The van der Waals surface area contributed by atoms with Gasteiger partial charge in [0.05, 0.1) is 11.2 Å². The molecule has 0 bridgehead atoms. The van der Waals surface area contributed by atoms with Crippen molar-refractivity contribution in [1.29, 1.82) is 0 Å². The summed E-state index contributed by atoms with van der Waals surface area (Å²) in [5.41, 5.74) is 8.07. The lowest BCUT2D eigenvalue weighted by Crippen LogP contribution is -2.04. The summed E-state index contributed by atoms with van der Waals surface area (Å²) in [5, 5.41) is 6.04. The molecular formula is C25H32N2. The van der Waals surface area contributed by atoms with Crippen molar-refractivity contribution in [3.05, 3.63) is 65.9 Å². The second-order valence-corrected chi connectivity index (χ2v) is 7.68. The molecule has 2 heteroatoms. The third-order valence-electron chi connectivity index (χ3n) is 5.50. The average molecular weight is 361 g/mol. The number of benzene rings is 2. The molecule has 1 unspecified atom stereocenters. The molecule has 0 aliphatic carbocycles. The van der Waals surface area contributed by atoms with Crippen molar-refractivity contribution in [2.75, 3.05) is 0 Å². The van der Waals surface area contributed by atoms with Crippen LogP contribution in [0.1, 0.15) is 50.4 Å². The van der Waals surface area contributed by atoms with Crippen molar-refractivity contribution in [3.8, 4) is 11.1 Å². The van der Waals surface area contributed by atoms with Gasteiger partial charge in [0.25, 0.3) is 0 Å². The van der Waals surface area contributed by atoms with Crippen molar-refractivity contribution < 1.29 is 0 Å². The minimum absolute atomic E-state index is 0.603. The van der Waals surface area contributed by atoms with Gasteiger partial charge < -0.3 is 0 Å². The SMILES string of the molecule is C=CCC(C)Cc1c(CC)cccc1-c1ccc2c(c1)c(CCC)nn2C. The summed E-state index contributed by atoms with van der Waals surface area (Å²) < 4.78 is 2.01. The maximum absolute atomic E-state index is 4.75. The van der Waals surface area contributed by atoms with E-state index in [-0.39, 0.29) is 0 Å². The van der Waals surface area contributed by atoms with E-state index in [2.05, 4.69) is 63.7 Å². The summed E-state index contributed by atoms with van der Waals surface area (Å²) >= 11 is 0. The highest BCUT2D eigenvalue weighted by Crippen LogP contribution is 2.32. The molecule has 27 heavy (non-hydrogen) atoms. The van der Waals surface area contributed by atoms with Crippen LogP contribution in [0.3, 0.4) is 0 Å². The highest BCUT2D eigenvalue weighted by atomic mass is 15.3. The van der Waals surface area contributed by atoms with Gasteiger partial charge in [0.2, 0.25) is 0 Å². The summed E-state index contributed by atoms with van der Waals surface area (Å²) in [6, 6.07) is 13.6. The summed E-state index contributed by atoms with van der Waals surface area (Å²) in [4.78, 5) is 0. The Balaban J connectivity index is 2.12. The average Bonchev–Trinajstić information content (AvgIpc) is 2.97. The number of rotatable bonds is 8. The summed E-state index contributed by atoms with van der Waals surface area (Å²) in [5.74, 6) is 0.603. The van der Waals surface area contributed by atoms with Crippen LogP contribution in [0.2, 0.25) is 0 Å². The molecule has 0 aliphatic rings. The number of aryl methyl sites for hydroxylation is 3. The molecular weight excluding hydrogens is 328 g/mol. The molecule has 3 aromatic rings. The minimum atomic E-state index is 0.603. The van der Waals surface area contributed by atoms with Crippen molar-refractivity contribution in [2.24, 2.45) is 13.0 Å². The fraction of sp³-hybridized carbons (Fsp3) is 0.400. The number of allylic oxidation sites excluding steroid dienone is 1. The highest BCUT2D eigenvalue weighted by Gasteiger charge is 2.15. The molecule has 2 aromatic carbocycles. The van der Waals surface area contributed by atoms with E-state index in [1.165, 1.54) is 38.9 Å². The van der Waals surface area contributed by atoms with Crippen LogP contribution >= 0.6 is 0 Å². The van der Waals surface area contributed by atoms with Crippen LogP contribution in [0.4, 0.5) is 0 Å². The fourth-order valence-electron chi connectivity index (χ4n) is 4.12. The van der Waals surface area contributed by atoms with E-state index in [9.17, 15) is 0 Å². The Labute approximate surface area is 163 Å². The number of hydrogen-bond donors (Lipinski definition) is 0. The van der Waals surface area contributed by atoms with Gasteiger partial charge in [-0.1, -0.05) is 57.5 Å². The van der Waals surface area contributed by atoms with Crippen molar-refractivity contribution >= 4 is 10.9 Å². The van der Waals surface area contributed by atoms with Crippen LogP contribution in [-0.4, -0.2) is 9.78 Å². The van der Waals surface area contributed by atoms with E-state index >= 15 is 0 Å². The van der Waals surface area contributed by atoms with Crippen molar-refractivity contribution in [2.45, 2.75) is 52.9 Å². The van der Waals surface area contributed by atoms with Gasteiger partial charge >= 0.3 is 0 Å². The first-order valence-electron chi connectivity index (χ1n) is 10.3. The molecule has 3 rings (SSSR count). The zero-order valence-electron chi connectivity index (χ0n) is 17.3. The van der Waals surface area contributed by atoms with E-state index in [0.717, 1.165) is 32.1 Å². The van der Waals surface area contributed by atoms with Gasteiger partial charge in [-0.3, -0.25) is 4.68 Å². The van der Waals surface area contributed by atoms with Gasteiger partial charge in [-0.05, 0) is 66.0 Å². The van der Waals surface area contributed by atoms with Crippen molar-refractivity contribution in [1.82, 2.24) is 9.78 Å². The lowest BCUT2D eigenvalue weighted by atomic mass is 9.87. The predicted molar refractivity (Wildman–Crippen MR) is 117 cm³/mol. The molecule has 0 saturated carbocycles. The molecule has 0 saturated heterocycles. The normalized spacial score (nSPS) is 12.4. The summed E-state index contributed by atoms with van der Waals surface area (Å²) in [6.07, 6.45) is 7.40. The Hall–Kier alpha value is -2.35. The molecule has 1 aromatic heterocycles. The Kier molecular flexibility index (Phi) is 6.15. The summed E-state index contributed by atoms with van der Waals surface area (Å²) in [6.45, 7) is 10.7. The lowest BCUT2D eigenvalue weighted by molar-refractivity contribution is 0.588.